The average Bonchev–Trinajstić information content (AvgIpc) is 2.43. The monoisotopic (exact) mass is 315 g/mol. The van der Waals surface area contributed by atoms with Crippen molar-refractivity contribution in [1.29, 1.82) is 0 Å². The predicted octanol–water partition coefficient (Wildman–Crippen LogP) is 2.24. The maximum atomic E-state index is 14.1. The Morgan fingerprint density at radius 3 is 2.90 bits per heavy atom. The lowest BCUT2D eigenvalue weighted by Gasteiger charge is -2.39. The third-order valence-corrected chi connectivity index (χ3v) is 3.55. The van der Waals surface area contributed by atoms with Gasteiger partial charge >= 0.3 is 5.97 Å². The van der Waals surface area contributed by atoms with Gasteiger partial charge in [-0.2, -0.15) is 0 Å². The summed E-state index contributed by atoms with van der Waals surface area (Å²) in [5, 5.41) is 9.55. The van der Waals surface area contributed by atoms with E-state index in [1.165, 1.54) is 17.0 Å². The van der Waals surface area contributed by atoms with Gasteiger partial charge in [-0.05, 0) is 24.6 Å². The van der Waals surface area contributed by atoms with Crippen LogP contribution in [0.1, 0.15) is 24.9 Å². The zero-order chi connectivity index (χ0) is 15.6. The molecule has 1 aromatic rings. The maximum Gasteiger partial charge on any atom is 0.335 e. The van der Waals surface area contributed by atoms with Gasteiger partial charge in [-0.15, -0.1) is 0 Å². The number of carboxylic acid groups (broad SMARTS) is 1. The number of carbonyl (C=O) groups excluding carboxylic acids is 1. The second-order valence-corrected chi connectivity index (χ2v) is 5.20. The predicted molar refractivity (Wildman–Crippen MR) is 73.5 cm³/mol. The van der Waals surface area contributed by atoms with Crippen molar-refractivity contribution >= 4 is 23.5 Å². The molecule has 0 aliphatic carbocycles. The lowest BCUT2D eigenvalue weighted by Crippen LogP contribution is -2.52. The number of benzene rings is 1. The van der Waals surface area contributed by atoms with Gasteiger partial charge in [-0.3, -0.25) is 4.79 Å². The Hall–Kier alpha value is -1.66. The Kier molecular flexibility index (Phi) is 4.80. The normalized spacial score (nSPS) is 22.4. The topological polar surface area (TPSA) is 66.8 Å². The van der Waals surface area contributed by atoms with Crippen molar-refractivity contribution < 1.29 is 23.8 Å². The quantitative estimate of drug-likeness (QED) is 0.925. The third kappa shape index (κ3) is 3.16. The largest absolute Gasteiger partial charge is 0.479 e. The van der Waals surface area contributed by atoms with Gasteiger partial charge in [0.2, 0.25) is 5.91 Å². The minimum Gasteiger partial charge on any atom is -0.479 e. The van der Waals surface area contributed by atoms with E-state index in [0.717, 1.165) is 6.07 Å². The molecule has 114 valence electrons. The molecule has 1 aromatic carbocycles. The summed E-state index contributed by atoms with van der Waals surface area (Å²) in [4.78, 5) is 24.7. The van der Waals surface area contributed by atoms with E-state index in [9.17, 15) is 19.1 Å². The molecule has 5 nitrogen and oxygen atoms in total. The van der Waals surface area contributed by atoms with E-state index in [2.05, 4.69) is 0 Å². The van der Waals surface area contributed by atoms with Gasteiger partial charge in [0.25, 0.3) is 0 Å². The maximum absolute atomic E-state index is 14.1. The number of hydrogen-bond donors (Lipinski definition) is 1. The van der Waals surface area contributed by atoms with Crippen molar-refractivity contribution in [3.8, 4) is 0 Å². The summed E-state index contributed by atoms with van der Waals surface area (Å²) >= 11 is 5.87. The smallest absolute Gasteiger partial charge is 0.335 e. The summed E-state index contributed by atoms with van der Waals surface area (Å²) in [5.41, 5.74) is 0.0522. The van der Waals surface area contributed by atoms with Crippen molar-refractivity contribution in [2.24, 2.45) is 0 Å². The van der Waals surface area contributed by atoms with Crippen LogP contribution < -0.4 is 0 Å². The minimum atomic E-state index is -1.32. The van der Waals surface area contributed by atoms with Crippen LogP contribution in [0.5, 0.6) is 0 Å². The summed E-state index contributed by atoms with van der Waals surface area (Å²) < 4.78 is 19.2. The van der Waals surface area contributed by atoms with Crippen LogP contribution in [0, 0.1) is 5.82 Å². The molecule has 0 saturated carbocycles. The molecule has 1 heterocycles. The van der Waals surface area contributed by atoms with E-state index in [0.29, 0.717) is 13.0 Å². The summed E-state index contributed by atoms with van der Waals surface area (Å²) in [6.07, 6.45) is -0.696. The van der Waals surface area contributed by atoms with E-state index in [-0.39, 0.29) is 23.1 Å². The van der Waals surface area contributed by atoms with Gasteiger partial charge in [-0.25, -0.2) is 9.18 Å². The van der Waals surface area contributed by atoms with Crippen molar-refractivity contribution in [2.45, 2.75) is 25.5 Å². The first-order valence-electron chi connectivity index (χ1n) is 6.54. The fourth-order valence-electron chi connectivity index (χ4n) is 2.44. The molecule has 0 aromatic heterocycles. The average molecular weight is 316 g/mol. The molecule has 1 fully saturated rings. The molecule has 2 rings (SSSR count). The molecule has 1 amide bonds. The van der Waals surface area contributed by atoms with Crippen molar-refractivity contribution in [3.63, 3.8) is 0 Å². The van der Waals surface area contributed by atoms with E-state index in [1.54, 1.807) is 0 Å². The highest BCUT2D eigenvalue weighted by atomic mass is 35.5. The second-order valence-electron chi connectivity index (χ2n) is 4.77. The van der Waals surface area contributed by atoms with Gasteiger partial charge in [0.15, 0.2) is 6.10 Å². The Morgan fingerprint density at radius 1 is 1.57 bits per heavy atom. The van der Waals surface area contributed by atoms with Gasteiger partial charge in [0, 0.05) is 17.1 Å². The van der Waals surface area contributed by atoms with Crippen molar-refractivity contribution in [1.82, 2.24) is 4.90 Å². The van der Waals surface area contributed by atoms with Crippen LogP contribution in [0.2, 0.25) is 5.02 Å². The van der Waals surface area contributed by atoms with E-state index in [4.69, 9.17) is 16.3 Å². The molecule has 2 atom stereocenters. The van der Waals surface area contributed by atoms with E-state index in [1.807, 2.05) is 6.92 Å². The number of morpholine rings is 1. The number of aliphatic carboxylic acids is 1. The first-order valence-corrected chi connectivity index (χ1v) is 6.92. The van der Waals surface area contributed by atoms with Crippen molar-refractivity contribution in [3.05, 3.63) is 34.6 Å². The van der Waals surface area contributed by atoms with Crippen molar-refractivity contribution in [2.75, 3.05) is 13.2 Å². The zero-order valence-electron chi connectivity index (χ0n) is 11.4. The highest BCUT2D eigenvalue weighted by molar-refractivity contribution is 6.30. The molecule has 0 bridgehead atoms. The van der Waals surface area contributed by atoms with E-state index < -0.39 is 23.9 Å². The summed E-state index contributed by atoms with van der Waals surface area (Å²) in [6, 6.07) is 2.83. The molecule has 0 radical (unpaired) electrons. The van der Waals surface area contributed by atoms with E-state index >= 15 is 0 Å². The van der Waals surface area contributed by atoms with Crippen LogP contribution in [0.25, 0.3) is 0 Å². The molecular formula is C14H15ClFNO4. The molecule has 1 aliphatic heterocycles. The van der Waals surface area contributed by atoms with Crippen LogP contribution >= 0.6 is 11.6 Å². The van der Waals surface area contributed by atoms with Crippen LogP contribution in [0.4, 0.5) is 4.39 Å². The minimum absolute atomic E-state index is 0.0522. The first-order chi connectivity index (χ1) is 9.95. The molecular weight excluding hydrogens is 301 g/mol. The standard InChI is InChI=1S/C14H15ClFNO4/c1-2-5-17-11(18)7-21-13(14(19)20)12(17)9-6-8(15)3-4-10(9)16/h3-4,6,12-13H,2,5,7H2,1H3,(H,19,20). The zero-order valence-corrected chi connectivity index (χ0v) is 12.1. The Balaban J connectivity index is 2.51. The number of halogens is 2. The number of ether oxygens (including phenoxy) is 1. The summed E-state index contributed by atoms with van der Waals surface area (Å²) in [6.45, 7) is 1.85. The van der Waals surface area contributed by atoms with Gasteiger partial charge in [0.05, 0.1) is 6.04 Å². The number of carboxylic acids is 1. The Labute approximate surface area is 126 Å². The highest BCUT2D eigenvalue weighted by Crippen LogP contribution is 2.33. The highest BCUT2D eigenvalue weighted by Gasteiger charge is 2.42. The van der Waals surface area contributed by atoms with Crippen LogP contribution in [0.15, 0.2) is 18.2 Å². The Morgan fingerprint density at radius 2 is 2.29 bits per heavy atom. The number of carbonyl (C=O) groups is 2. The Bertz CT molecular complexity index is 566. The molecule has 1 N–H and O–H groups in total. The van der Waals surface area contributed by atoms with Gasteiger partial charge in [0.1, 0.15) is 12.4 Å². The number of hydrogen-bond acceptors (Lipinski definition) is 3. The summed E-state index contributed by atoms with van der Waals surface area (Å²) in [5.74, 6) is -2.22. The fraction of sp³-hybridized carbons (Fsp3) is 0.429. The lowest BCUT2D eigenvalue weighted by atomic mass is 9.97. The SMILES string of the molecule is CCCN1C(=O)COC(C(=O)O)C1c1cc(Cl)ccc1F. The molecule has 2 unspecified atom stereocenters. The number of nitrogens with zero attached hydrogens (tertiary/aromatic N) is 1. The fourth-order valence-corrected chi connectivity index (χ4v) is 2.62. The molecule has 7 heteroatoms. The molecule has 1 aliphatic rings. The second kappa shape index (κ2) is 6.41. The number of amides is 1. The molecule has 21 heavy (non-hydrogen) atoms. The lowest BCUT2D eigenvalue weighted by molar-refractivity contribution is -0.173. The first kappa shape index (κ1) is 15.7. The molecule has 1 saturated heterocycles. The van der Waals surface area contributed by atoms with Gasteiger partial charge < -0.3 is 14.7 Å². The molecule has 0 spiro atoms. The van der Waals surface area contributed by atoms with Gasteiger partial charge in [-0.1, -0.05) is 18.5 Å². The van der Waals surface area contributed by atoms with Crippen LogP contribution in [-0.4, -0.2) is 41.1 Å². The third-order valence-electron chi connectivity index (χ3n) is 3.31. The number of rotatable bonds is 4. The summed E-state index contributed by atoms with van der Waals surface area (Å²) in [7, 11) is 0. The van der Waals surface area contributed by atoms with Crippen LogP contribution in [0.3, 0.4) is 0 Å². The van der Waals surface area contributed by atoms with Crippen LogP contribution in [-0.2, 0) is 14.3 Å².